The van der Waals surface area contributed by atoms with E-state index in [2.05, 4.69) is 13.8 Å². The number of carbonyl (C=O) groups is 1. The van der Waals surface area contributed by atoms with Gasteiger partial charge in [0.2, 0.25) is 5.43 Å². The first-order valence-corrected chi connectivity index (χ1v) is 9.04. The molecule has 1 atom stereocenters. The number of nitrogens with zero attached hydrogens (tertiary/aromatic N) is 1. The van der Waals surface area contributed by atoms with Gasteiger partial charge in [0.15, 0.2) is 12.0 Å². The molecule has 0 saturated heterocycles. The quantitative estimate of drug-likeness (QED) is 0.600. The fraction of sp³-hybridized carbons (Fsp3) is 0.429. The lowest BCUT2D eigenvalue weighted by Gasteiger charge is -2.19. The molecule has 4 nitrogen and oxygen atoms in total. The van der Waals surface area contributed by atoms with Crippen LogP contribution < -0.4 is 10.2 Å². The van der Waals surface area contributed by atoms with E-state index in [1.54, 1.807) is 6.20 Å². The molecule has 0 radical (unpaired) electrons. The minimum absolute atomic E-state index is 0.145. The molecule has 134 valence electrons. The van der Waals surface area contributed by atoms with Gasteiger partial charge in [-0.05, 0) is 17.9 Å². The maximum Gasteiger partial charge on any atom is 0.224 e. The summed E-state index contributed by atoms with van der Waals surface area (Å²) in [6.07, 6.45) is 6.94. The number of rotatable bonds is 10. The molecule has 2 rings (SSSR count). The Morgan fingerprint density at radius 3 is 2.56 bits per heavy atom. The molecule has 0 aliphatic heterocycles. The Balaban J connectivity index is 2.21. The summed E-state index contributed by atoms with van der Waals surface area (Å²) in [5.74, 6) is 0.634. The molecule has 1 unspecified atom stereocenters. The molecule has 0 amide bonds. The van der Waals surface area contributed by atoms with E-state index in [9.17, 15) is 9.59 Å². The van der Waals surface area contributed by atoms with Crippen molar-refractivity contribution in [3.05, 3.63) is 64.1 Å². The summed E-state index contributed by atoms with van der Waals surface area (Å²) in [6.45, 7) is 5.34. The van der Waals surface area contributed by atoms with Gasteiger partial charge in [0.05, 0.1) is 0 Å². The predicted octanol–water partition coefficient (Wildman–Crippen LogP) is 4.46. The summed E-state index contributed by atoms with van der Waals surface area (Å²) >= 11 is 0. The first kappa shape index (κ1) is 19.0. The summed E-state index contributed by atoms with van der Waals surface area (Å²) < 4.78 is 7.58. The van der Waals surface area contributed by atoms with E-state index in [4.69, 9.17) is 4.74 Å². The molecule has 4 heteroatoms. The largest absolute Gasteiger partial charge is 0.483 e. The van der Waals surface area contributed by atoms with Crippen molar-refractivity contribution in [1.29, 1.82) is 0 Å². The van der Waals surface area contributed by atoms with Gasteiger partial charge < -0.3 is 9.30 Å². The van der Waals surface area contributed by atoms with E-state index in [1.807, 2.05) is 34.9 Å². The van der Waals surface area contributed by atoms with Crippen LogP contribution in [0.2, 0.25) is 0 Å². The molecule has 1 aromatic carbocycles. The summed E-state index contributed by atoms with van der Waals surface area (Å²) in [7, 11) is 0. The summed E-state index contributed by atoms with van der Waals surface area (Å²) in [5, 5.41) is 0. The van der Waals surface area contributed by atoms with Crippen molar-refractivity contribution < 1.29 is 9.53 Å². The number of pyridine rings is 1. The summed E-state index contributed by atoms with van der Waals surface area (Å²) in [6, 6.07) is 11.1. The van der Waals surface area contributed by atoms with Crippen molar-refractivity contribution in [2.45, 2.75) is 52.7 Å². The van der Waals surface area contributed by atoms with Gasteiger partial charge in [-0.3, -0.25) is 9.59 Å². The smallest absolute Gasteiger partial charge is 0.224 e. The van der Waals surface area contributed by atoms with Gasteiger partial charge in [-0.25, -0.2) is 0 Å². The van der Waals surface area contributed by atoms with Crippen molar-refractivity contribution in [2.75, 3.05) is 0 Å². The minimum Gasteiger partial charge on any atom is -0.483 e. The third kappa shape index (κ3) is 5.31. The SMILES string of the molecule is CCCCC(CC)Cn1ccc(=O)c(OCc2ccccc2)c1C=O. The van der Waals surface area contributed by atoms with Gasteiger partial charge in [-0.15, -0.1) is 0 Å². The molecule has 0 bridgehead atoms. The molecule has 0 aliphatic carbocycles. The summed E-state index contributed by atoms with van der Waals surface area (Å²) in [4.78, 5) is 23.9. The normalized spacial score (nSPS) is 11.9. The Hall–Kier alpha value is -2.36. The van der Waals surface area contributed by atoms with Crippen LogP contribution in [0, 0.1) is 5.92 Å². The number of carbonyl (C=O) groups excluding carboxylic acids is 1. The standard InChI is InChI=1S/C21H27NO3/c1-3-5-9-17(4-2)14-22-13-12-20(24)21(19(22)15-23)25-16-18-10-7-6-8-11-18/h6-8,10-13,15,17H,3-5,9,14,16H2,1-2H3. The second kappa shape index (κ2) is 9.82. The molecule has 0 aliphatic rings. The fourth-order valence-corrected chi connectivity index (χ4v) is 2.92. The molecule has 0 spiro atoms. The van der Waals surface area contributed by atoms with Gasteiger partial charge in [0.1, 0.15) is 12.3 Å². The van der Waals surface area contributed by atoms with Crippen molar-refractivity contribution in [3.63, 3.8) is 0 Å². The second-order valence-electron chi connectivity index (χ2n) is 6.36. The van der Waals surface area contributed by atoms with Crippen molar-refractivity contribution >= 4 is 6.29 Å². The molecule has 1 heterocycles. The Bertz CT molecular complexity index is 722. The first-order chi connectivity index (χ1) is 12.2. The third-order valence-electron chi connectivity index (χ3n) is 4.51. The van der Waals surface area contributed by atoms with Crippen molar-refractivity contribution in [3.8, 4) is 5.75 Å². The monoisotopic (exact) mass is 341 g/mol. The molecule has 2 aromatic rings. The van der Waals surface area contributed by atoms with Crippen molar-refractivity contribution in [1.82, 2.24) is 4.57 Å². The van der Waals surface area contributed by atoms with Crippen LogP contribution in [0.25, 0.3) is 0 Å². The highest BCUT2D eigenvalue weighted by Crippen LogP contribution is 2.19. The predicted molar refractivity (Wildman–Crippen MR) is 100 cm³/mol. The van der Waals surface area contributed by atoms with Gasteiger partial charge in [0.25, 0.3) is 0 Å². The zero-order chi connectivity index (χ0) is 18.1. The number of hydrogen-bond acceptors (Lipinski definition) is 3. The maximum absolute atomic E-state index is 12.2. The number of hydrogen-bond donors (Lipinski definition) is 0. The Labute approximate surface area is 149 Å². The molecule has 25 heavy (non-hydrogen) atoms. The van der Waals surface area contributed by atoms with Crippen LogP contribution in [0.4, 0.5) is 0 Å². The van der Waals surface area contributed by atoms with Gasteiger partial charge in [0, 0.05) is 18.8 Å². The molecule has 0 saturated carbocycles. The highest BCUT2D eigenvalue weighted by atomic mass is 16.5. The Morgan fingerprint density at radius 1 is 1.16 bits per heavy atom. The molecular weight excluding hydrogens is 314 g/mol. The van der Waals surface area contributed by atoms with Crippen molar-refractivity contribution in [2.24, 2.45) is 5.92 Å². The fourth-order valence-electron chi connectivity index (χ4n) is 2.92. The van der Waals surface area contributed by atoms with E-state index in [1.165, 1.54) is 12.5 Å². The minimum atomic E-state index is -0.254. The number of aromatic nitrogens is 1. The second-order valence-corrected chi connectivity index (χ2v) is 6.36. The van der Waals surface area contributed by atoms with Gasteiger partial charge in [-0.1, -0.05) is 63.4 Å². The highest BCUT2D eigenvalue weighted by Gasteiger charge is 2.15. The van der Waals surface area contributed by atoms with E-state index in [0.717, 1.165) is 37.7 Å². The lowest BCUT2D eigenvalue weighted by Crippen LogP contribution is -2.19. The average Bonchev–Trinajstić information content (AvgIpc) is 2.65. The van der Waals surface area contributed by atoms with E-state index < -0.39 is 0 Å². The van der Waals surface area contributed by atoms with Crippen LogP contribution in [0.15, 0.2) is 47.4 Å². The van der Waals surface area contributed by atoms with Gasteiger partial charge in [-0.2, -0.15) is 0 Å². The van der Waals surface area contributed by atoms with Crippen LogP contribution in [-0.2, 0) is 13.2 Å². The summed E-state index contributed by atoms with van der Waals surface area (Å²) in [5.41, 5.74) is 1.04. The van der Waals surface area contributed by atoms with E-state index >= 15 is 0 Å². The Kier molecular flexibility index (Phi) is 7.45. The molecular formula is C21H27NO3. The zero-order valence-corrected chi connectivity index (χ0v) is 15.1. The van der Waals surface area contributed by atoms with Gasteiger partial charge >= 0.3 is 0 Å². The maximum atomic E-state index is 12.2. The van der Waals surface area contributed by atoms with E-state index in [0.29, 0.717) is 11.6 Å². The van der Waals surface area contributed by atoms with Crippen LogP contribution in [0.5, 0.6) is 5.75 Å². The zero-order valence-electron chi connectivity index (χ0n) is 15.1. The molecule has 1 aromatic heterocycles. The van der Waals surface area contributed by atoms with Crippen LogP contribution in [0.3, 0.4) is 0 Å². The third-order valence-corrected chi connectivity index (χ3v) is 4.51. The number of aldehydes is 1. The first-order valence-electron chi connectivity index (χ1n) is 9.04. The number of ether oxygens (including phenoxy) is 1. The topological polar surface area (TPSA) is 48.3 Å². The molecule has 0 fully saturated rings. The lowest BCUT2D eigenvalue weighted by molar-refractivity contribution is 0.110. The van der Waals surface area contributed by atoms with Crippen LogP contribution in [-0.4, -0.2) is 10.9 Å². The highest BCUT2D eigenvalue weighted by molar-refractivity contribution is 5.76. The number of unbranched alkanes of at least 4 members (excludes halogenated alkanes) is 1. The average molecular weight is 341 g/mol. The number of benzene rings is 1. The lowest BCUT2D eigenvalue weighted by atomic mass is 9.99. The van der Waals surface area contributed by atoms with Crippen LogP contribution in [0.1, 0.15) is 55.6 Å². The Morgan fingerprint density at radius 2 is 1.92 bits per heavy atom. The van der Waals surface area contributed by atoms with Crippen LogP contribution >= 0.6 is 0 Å². The molecule has 0 N–H and O–H groups in total. The van der Waals surface area contributed by atoms with E-state index in [-0.39, 0.29) is 17.8 Å².